The van der Waals surface area contributed by atoms with E-state index in [0.29, 0.717) is 5.41 Å². The highest BCUT2D eigenvalue weighted by atomic mass is 16.4. The van der Waals surface area contributed by atoms with Crippen molar-refractivity contribution in [1.82, 2.24) is 9.97 Å². The smallest absolute Gasteiger partial charge is 0.307 e. The van der Waals surface area contributed by atoms with Crippen molar-refractivity contribution in [1.29, 1.82) is 0 Å². The molecule has 3 rings (SSSR count). The molecule has 1 fully saturated rings. The zero-order valence-electron chi connectivity index (χ0n) is 22.6. The summed E-state index contributed by atoms with van der Waals surface area (Å²) in [7, 11) is 0. The standard InChI is InChI=1S/C24H34N4O2.C4H10O/c1-5-6-11-25-21-8-7-18(15-27-21)20-16-26-17(2)19(14-22(29)30)23(20)28-12-9-24(3,4)10-13-28;1-4(2,3)5/h7-8,15-16H,5-6,9-14H2,1-4H3,(H,25,27)(H,29,30);5H,1-3H3. The molecule has 0 amide bonds. The van der Waals surface area contributed by atoms with Gasteiger partial charge in [0.25, 0.3) is 0 Å². The molecule has 0 unspecified atom stereocenters. The molecule has 0 aromatic carbocycles. The van der Waals surface area contributed by atoms with Crippen LogP contribution >= 0.6 is 0 Å². The van der Waals surface area contributed by atoms with Crippen LogP contribution in [0, 0.1) is 12.3 Å². The van der Waals surface area contributed by atoms with E-state index in [4.69, 9.17) is 5.11 Å². The number of carbonyl (C=O) groups is 1. The molecule has 0 atom stereocenters. The number of hydrogen-bond donors (Lipinski definition) is 3. The van der Waals surface area contributed by atoms with Crippen molar-refractivity contribution in [3.05, 3.63) is 35.8 Å². The number of hydrogen-bond acceptors (Lipinski definition) is 6. The summed E-state index contributed by atoms with van der Waals surface area (Å²) in [4.78, 5) is 23.1. The average molecular weight is 485 g/mol. The van der Waals surface area contributed by atoms with Crippen LogP contribution in [0.25, 0.3) is 11.1 Å². The van der Waals surface area contributed by atoms with Crippen molar-refractivity contribution in [3.63, 3.8) is 0 Å². The van der Waals surface area contributed by atoms with E-state index in [1.165, 1.54) is 0 Å². The molecule has 0 bridgehead atoms. The molecular formula is C28H44N4O3. The van der Waals surface area contributed by atoms with Crippen molar-refractivity contribution < 1.29 is 15.0 Å². The number of nitrogens with zero attached hydrogens (tertiary/aromatic N) is 3. The lowest BCUT2D eigenvalue weighted by Gasteiger charge is -2.40. The van der Waals surface area contributed by atoms with Crippen molar-refractivity contribution in [2.24, 2.45) is 5.41 Å². The quantitative estimate of drug-likeness (QED) is 0.414. The van der Waals surface area contributed by atoms with Crippen molar-refractivity contribution in [2.45, 2.75) is 86.2 Å². The molecule has 1 aliphatic rings. The van der Waals surface area contributed by atoms with E-state index in [9.17, 15) is 9.90 Å². The lowest BCUT2D eigenvalue weighted by molar-refractivity contribution is -0.136. The van der Waals surface area contributed by atoms with Crippen LogP contribution in [0.5, 0.6) is 0 Å². The lowest BCUT2D eigenvalue weighted by Crippen LogP contribution is -2.38. The highest BCUT2D eigenvalue weighted by Crippen LogP contribution is 2.39. The van der Waals surface area contributed by atoms with Crippen LogP contribution in [0.2, 0.25) is 0 Å². The Labute approximate surface area is 211 Å². The number of unbranched alkanes of at least 4 members (excludes halogenated alkanes) is 1. The van der Waals surface area contributed by atoms with Crippen molar-refractivity contribution >= 4 is 17.5 Å². The molecule has 1 aliphatic heterocycles. The van der Waals surface area contributed by atoms with E-state index in [-0.39, 0.29) is 6.42 Å². The van der Waals surface area contributed by atoms with Gasteiger partial charge in [-0.3, -0.25) is 9.78 Å². The number of piperidine rings is 1. The first-order valence-electron chi connectivity index (χ1n) is 12.7. The molecule has 7 heteroatoms. The molecular weight excluding hydrogens is 440 g/mol. The average Bonchev–Trinajstić information content (AvgIpc) is 2.75. The highest BCUT2D eigenvalue weighted by Gasteiger charge is 2.29. The van der Waals surface area contributed by atoms with Gasteiger partial charge < -0.3 is 20.4 Å². The second kappa shape index (κ2) is 12.3. The number of aromatic nitrogens is 2. The van der Waals surface area contributed by atoms with Crippen LogP contribution in [0.1, 0.15) is 78.5 Å². The van der Waals surface area contributed by atoms with Gasteiger partial charge in [-0.25, -0.2) is 4.98 Å². The number of carboxylic acid groups (broad SMARTS) is 1. The molecule has 2 aromatic rings. The maximum Gasteiger partial charge on any atom is 0.307 e. The van der Waals surface area contributed by atoms with Gasteiger partial charge in [-0.15, -0.1) is 0 Å². The van der Waals surface area contributed by atoms with Crippen LogP contribution in [0.4, 0.5) is 11.5 Å². The Kier molecular flexibility index (Phi) is 10.1. The number of aliphatic hydroxyl groups is 1. The summed E-state index contributed by atoms with van der Waals surface area (Å²) in [6.07, 6.45) is 8.13. The van der Waals surface area contributed by atoms with Gasteiger partial charge in [0, 0.05) is 54.4 Å². The fourth-order valence-corrected chi connectivity index (χ4v) is 3.96. The van der Waals surface area contributed by atoms with Crippen LogP contribution in [-0.2, 0) is 11.2 Å². The summed E-state index contributed by atoms with van der Waals surface area (Å²) in [6.45, 7) is 16.6. The third-order valence-electron chi connectivity index (χ3n) is 6.04. The zero-order valence-corrected chi connectivity index (χ0v) is 22.6. The molecule has 2 aromatic heterocycles. The third kappa shape index (κ3) is 9.48. The zero-order chi connectivity index (χ0) is 26.2. The SMILES string of the molecule is CC(C)(C)O.CCCCNc1ccc(-c2cnc(C)c(CC(=O)O)c2N2CCC(C)(C)CC2)cn1. The molecule has 3 heterocycles. The van der Waals surface area contributed by atoms with E-state index < -0.39 is 11.6 Å². The fraction of sp³-hybridized carbons (Fsp3) is 0.607. The Morgan fingerprint density at radius 2 is 1.77 bits per heavy atom. The molecule has 7 nitrogen and oxygen atoms in total. The summed E-state index contributed by atoms with van der Waals surface area (Å²) in [5.74, 6) is 0.0311. The van der Waals surface area contributed by atoms with E-state index >= 15 is 0 Å². The summed E-state index contributed by atoms with van der Waals surface area (Å²) < 4.78 is 0. The first kappa shape index (κ1) is 28.6. The molecule has 0 saturated carbocycles. The van der Waals surface area contributed by atoms with Gasteiger partial charge >= 0.3 is 5.97 Å². The second-order valence-corrected chi connectivity index (χ2v) is 11.2. The molecule has 1 saturated heterocycles. The van der Waals surface area contributed by atoms with Gasteiger partial charge in [-0.05, 0) is 64.5 Å². The minimum Gasteiger partial charge on any atom is -0.481 e. The van der Waals surface area contributed by atoms with Gasteiger partial charge in [-0.2, -0.15) is 0 Å². The van der Waals surface area contributed by atoms with E-state index in [2.05, 4.69) is 47.0 Å². The number of carboxylic acids is 1. The molecule has 0 aliphatic carbocycles. The van der Waals surface area contributed by atoms with Gasteiger partial charge in [-0.1, -0.05) is 27.2 Å². The number of aryl methyl sites for hydroxylation is 1. The largest absolute Gasteiger partial charge is 0.481 e. The Bertz CT molecular complexity index is 949. The van der Waals surface area contributed by atoms with Crippen LogP contribution in [0.15, 0.2) is 24.5 Å². The van der Waals surface area contributed by atoms with E-state index in [1.807, 2.05) is 25.4 Å². The van der Waals surface area contributed by atoms with Gasteiger partial charge in [0.1, 0.15) is 5.82 Å². The minimum atomic E-state index is -0.829. The summed E-state index contributed by atoms with van der Waals surface area (Å²) in [6, 6.07) is 4.04. The molecule has 3 N–H and O–H groups in total. The first-order chi connectivity index (χ1) is 16.3. The predicted octanol–water partition coefficient (Wildman–Crippen LogP) is 5.69. The summed E-state index contributed by atoms with van der Waals surface area (Å²) >= 11 is 0. The number of anilines is 2. The monoisotopic (exact) mass is 484 g/mol. The van der Waals surface area contributed by atoms with E-state index in [1.54, 1.807) is 20.8 Å². The first-order valence-corrected chi connectivity index (χ1v) is 12.7. The normalized spacial score (nSPS) is 15.3. The fourth-order valence-electron chi connectivity index (χ4n) is 3.96. The van der Waals surface area contributed by atoms with Gasteiger partial charge in [0.2, 0.25) is 0 Å². The molecule has 0 spiro atoms. The summed E-state index contributed by atoms with van der Waals surface area (Å²) in [5.41, 5.74) is 4.35. The number of aliphatic carboxylic acids is 1. The molecule has 35 heavy (non-hydrogen) atoms. The maximum absolute atomic E-state index is 11.6. The molecule has 0 radical (unpaired) electrons. The lowest BCUT2D eigenvalue weighted by atomic mass is 9.82. The number of pyridine rings is 2. The Hall–Kier alpha value is -2.67. The number of rotatable bonds is 8. The third-order valence-corrected chi connectivity index (χ3v) is 6.04. The Balaban J connectivity index is 0.000000784. The van der Waals surface area contributed by atoms with E-state index in [0.717, 1.165) is 79.2 Å². The topological polar surface area (TPSA) is 98.6 Å². The predicted molar refractivity (Wildman–Crippen MR) is 144 cm³/mol. The van der Waals surface area contributed by atoms with Crippen molar-refractivity contribution in [2.75, 3.05) is 29.9 Å². The van der Waals surface area contributed by atoms with Crippen LogP contribution in [-0.4, -0.2) is 51.4 Å². The summed E-state index contributed by atoms with van der Waals surface area (Å²) in [5, 5.41) is 21.4. The highest BCUT2D eigenvalue weighted by molar-refractivity contribution is 5.84. The maximum atomic E-state index is 11.6. The van der Waals surface area contributed by atoms with Gasteiger partial charge in [0.05, 0.1) is 17.7 Å². The molecule has 194 valence electrons. The van der Waals surface area contributed by atoms with Crippen LogP contribution < -0.4 is 10.2 Å². The van der Waals surface area contributed by atoms with Gasteiger partial charge in [0.15, 0.2) is 0 Å². The Morgan fingerprint density at radius 3 is 2.29 bits per heavy atom. The number of nitrogens with one attached hydrogen (secondary N) is 1. The van der Waals surface area contributed by atoms with Crippen LogP contribution in [0.3, 0.4) is 0 Å². The Morgan fingerprint density at radius 1 is 1.14 bits per heavy atom. The second-order valence-electron chi connectivity index (χ2n) is 11.2. The van der Waals surface area contributed by atoms with Crippen molar-refractivity contribution in [3.8, 4) is 11.1 Å². The minimum absolute atomic E-state index is 0.0218.